The van der Waals surface area contributed by atoms with Crippen LogP contribution in [0.25, 0.3) is 21.9 Å². The van der Waals surface area contributed by atoms with Crippen LogP contribution in [0.3, 0.4) is 0 Å². The van der Waals surface area contributed by atoms with Gasteiger partial charge in [0.2, 0.25) is 0 Å². The third-order valence-corrected chi connectivity index (χ3v) is 10.2. The highest BCUT2D eigenvalue weighted by atomic mass is 14.5. The Morgan fingerprint density at radius 1 is 0.800 bits per heavy atom. The lowest BCUT2D eigenvalue weighted by molar-refractivity contribution is 0.265. The van der Waals surface area contributed by atoms with Crippen LogP contribution in [0, 0.1) is 16.7 Å². The van der Waals surface area contributed by atoms with Gasteiger partial charge in [-0.1, -0.05) is 127 Å². The number of hydrogen-bond acceptors (Lipinski definition) is 0. The zero-order valence-corrected chi connectivity index (χ0v) is 25.2. The molecule has 4 unspecified atom stereocenters. The molecular weight excluding hydrogens is 480 g/mol. The van der Waals surface area contributed by atoms with Crippen molar-refractivity contribution in [1.29, 1.82) is 0 Å². The maximum absolute atomic E-state index is 2.59. The zero-order chi connectivity index (χ0) is 27.8. The van der Waals surface area contributed by atoms with Crippen molar-refractivity contribution >= 4 is 21.9 Å². The Hall–Kier alpha value is -3.12. The highest BCUT2D eigenvalue weighted by molar-refractivity contribution is 6.07. The predicted octanol–water partition coefficient (Wildman–Crippen LogP) is 11.3. The summed E-state index contributed by atoms with van der Waals surface area (Å²) >= 11 is 0. The summed E-state index contributed by atoms with van der Waals surface area (Å²) in [5.74, 6) is 1.91. The fraction of sp³-hybridized carbons (Fsp3) is 0.400. The smallest absolute Gasteiger partial charge is 0.0137 e. The molecular formula is C40H44. The van der Waals surface area contributed by atoms with Gasteiger partial charge in [-0.05, 0) is 104 Å². The fourth-order valence-corrected chi connectivity index (χ4v) is 8.10. The van der Waals surface area contributed by atoms with Crippen LogP contribution in [0.4, 0.5) is 0 Å². The van der Waals surface area contributed by atoms with Gasteiger partial charge in [-0.25, -0.2) is 0 Å². The van der Waals surface area contributed by atoms with E-state index in [4.69, 9.17) is 0 Å². The van der Waals surface area contributed by atoms with E-state index in [1.807, 2.05) is 0 Å². The van der Waals surface area contributed by atoms with Crippen LogP contribution in [0.15, 0.2) is 90.6 Å². The molecule has 5 aliphatic rings. The third-order valence-electron chi connectivity index (χ3n) is 10.2. The molecule has 2 aromatic rings. The molecule has 0 amide bonds. The normalized spacial score (nSPS) is 26.9. The Balaban J connectivity index is 1.61. The molecule has 4 atom stereocenters. The molecule has 0 heteroatoms. The number of fused-ring (bicyclic) bond motifs is 9. The number of hydrogen-bond donors (Lipinski definition) is 0. The van der Waals surface area contributed by atoms with Gasteiger partial charge in [0.1, 0.15) is 0 Å². The highest BCUT2D eigenvalue weighted by Gasteiger charge is 2.43. The molecule has 0 nitrogen and oxygen atoms in total. The largest absolute Gasteiger partial charge is 0.0836 e. The van der Waals surface area contributed by atoms with Gasteiger partial charge < -0.3 is 0 Å². The van der Waals surface area contributed by atoms with E-state index in [0.717, 1.165) is 19.3 Å². The minimum atomic E-state index is 0.0852. The van der Waals surface area contributed by atoms with Gasteiger partial charge >= 0.3 is 0 Å². The maximum atomic E-state index is 2.59. The second-order valence-corrected chi connectivity index (χ2v) is 14.8. The summed E-state index contributed by atoms with van der Waals surface area (Å²) in [6.45, 7) is 14.4. The van der Waals surface area contributed by atoms with Crippen LogP contribution in [-0.2, 0) is 0 Å². The lowest BCUT2D eigenvalue weighted by Crippen LogP contribution is -2.21. The van der Waals surface area contributed by atoms with Gasteiger partial charge in [-0.15, -0.1) is 0 Å². The van der Waals surface area contributed by atoms with Gasteiger partial charge in [0, 0.05) is 11.8 Å². The van der Waals surface area contributed by atoms with Crippen LogP contribution >= 0.6 is 0 Å². The molecule has 0 fully saturated rings. The van der Waals surface area contributed by atoms with Gasteiger partial charge in [-0.3, -0.25) is 0 Å². The molecule has 0 aliphatic heterocycles. The van der Waals surface area contributed by atoms with E-state index in [0.29, 0.717) is 23.7 Å². The molecule has 204 valence electrons. The molecule has 0 spiro atoms. The van der Waals surface area contributed by atoms with Crippen molar-refractivity contribution in [2.24, 2.45) is 16.7 Å². The van der Waals surface area contributed by atoms with Crippen molar-refractivity contribution in [2.75, 3.05) is 0 Å². The van der Waals surface area contributed by atoms with E-state index in [1.165, 1.54) is 39.5 Å². The van der Waals surface area contributed by atoms with Crippen LogP contribution in [-0.4, -0.2) is 0 Å². The Morgan fingerprint density at radius 2 is 1.60 bits per heavy atom. The SMILES string of the molecule is CC(C)(C)C1=CC=CC(C(C)(C)C)CC2CC(=C1)c1c2c(C2=CCCC=C2)c2cccc3c2c1C1C=CC=CC31. The maximum Gasteiger partial charge on any atom is 0.0137 e. The molecule has 2 bridgehead atoms. The third kappa shape index (κ3) is 4.01. The van der Waals surface area contributed by atoms with Gasteiger partial charge in [0.15, 0.2) is 0 Å². The minimum absolute atomic E-state index is 0.0852. The quantitative estimate of drug-likeness (QED) is 0.348. The van der Waals surface area contributed by atoms with E-state index in [1.54, 1.807) is 22.3 Å². The Kier molecular flexibility index (Phi) is 5.94. The standard InChI is InChI=1S/C40H44/c1-39(2,3)28-16-12-17-29(40(4,5)6)24-27-22-26(23-28)35-34(25-14-8-7-9-15-25)33-21-13-20-31-30-18-10-11-19-32(30)38(36(27)35)37(31)33/h8,10-21,24,26,28,30,32H,7,9,22-23H2,1-6H3. The summed E-state index contributed by atoms with van der Waals surface area (Å²) in [7, 11) is 0. The molecule has 40 heavy (non-hydrogen) atoms. The van der Waals surface area contributed by atoms with Gasteiger partial charge in [0.05, 0.1) is 0 Å². The molecule has 0 aromatic heterocycles. The summed E-state index contributed by atoms with van der Waals surface area (Å²) in [5, 5.41) is 3.02. The second-order valence-electron chi connectivity index (χ2n) is 14.8. The Morgan fingerprint density at radius 3 is 2.33 bits per heavy atom. The second kappa shape index (κ2) is 9.20. The fourth-order valence-electron chi connectivity index (χ4n) is 8.10. The highest BCUT2D eigenvalue weighted by Crippen LogP contribution is 2.60. The summed E-state index contributed by atoms with van der Waals surface area (Å²) in [5.41, 5.74) is 12.7. The van der Waals surface area contributed by atoms with E-state index in [9.17, 15) is 0 Å². The number of rotatable bonds is 1. The van der Waals surface area contributed by atoms with Crippen molar-refractivity contribution in [3.8, 4) is 0 Å². The lowest BCUT2D eigenvalue weighted by atomic mass is 9.73. The Labute approximate surface area is 241 Å². The van der Waals surface area contributed by atoms with E-state index in [2.05, 4.69) is 127 Å². The van der Waals surface area contributed by atoms with Gasteiger partial charge in [0.25, 0.3) is 0 Å². The molecule has 0 heterocycles. The first kappa shape index (κ1) is 25.8. The molecule has 0 radical (unpaired) electrons. The molecule has 0 N–H and O–H groups in total. The molecule has 2 aromatic carbocycles. The van der Waals surface area contributed by atoms with Crippen LogP contribution in [0.5, 0.6) is 0 Å². The number of benzene rings is 2. The lowest BCUT2D eigenvalue weighted by Gasteiger charge is -2.32. The average Bonchev–Trinajstić information content (AvgIpc) is 3.43. The topological polar surface area (TPSA) is 0 Å². The van der Waals surface area contributed by atoms with Crippen molar-refractivity contribution < 1.29 is 0 Å². The summed E-state index contributed by atoms with van der Waals surface area (Å²) in [6.07, 6.45) is 31.4. The summed E-state index contributed by atoms with van der Waals surface area (Å²) < 4.78 is 0. The Bertz CT molecular complexity index is 1610. The number of allylic oxidation sites excluding steroid dienone is 14. The average molecular weight is 525 g/mol. The van der Waals surface area contributed by atoms with Crippen molar-refractivity contribution in [1.82, 2.24) is 0 Å². The first-order valence-corrected chi connectivity index (χ1v) is 15.6. The van der Waals surface area contributed by atoms with Crippen molar-refractivity contribution in [3.63, 3.8) is 0 Å². The van der Waals surface area contributed by atoms with Crippen LogP contribution < -0.4 is 0 Å². The first-order valence-electron chi connectivity index (χ1n) is 15.6. The summed E-state index contributed by atoms with van der Waals surface area (Å²) in [6, 6.07) is 7.17. The van der Waals surface area contributed by atoms with Crippen molar-refractivity contribution in [3.05, 3.63) is 118 Å². The van der Waals surface area contributed by atoms with E-state index >= 15 is 0 Å². The zero-order valence-electron chi connectivity index (χ0n) is 25.2. The summed E-state index contributed by atoms with van der Waals surface area (Å²) in [4.78, 5) is 0. The van der Waals surface area contributed by atoms with Crippen molar-refractivity contribution in [2.45, 2.75) is 85.0 Å². The molecule has 5 aliphatic carbocycles. The molecule has 7 rings (SSSR count). The monoisotopic (exact) mass is 524 g/mol. The molecule has 0 saturated carbocycles. The van der Waals surface area contributed by atoms with Crippen LogP contribution in [0.2, 0.25) is 0 Å². The van der Waals surface area contributed by atoms with Gasteiger partial charge in [-0.2, -0.15) is 0 Å². The first-order chi connectivity index (χ1) is 19.1. The van der Waals surface area contributed by atoms with E-state index < -0.39 is 0 Å². The van der Waals surface area contributed by atoms with E-state index in [-0.39, 0.29) is 10.8 Å². The molecule has 0 saturated heterocycles. The minimum Gasteiger partial charge on any atom is -0.0836 e. The predicted molar refractivity (Wildman–Crippen MR) is 174 cm³/mol. The van der Waals surface area contributed by atoms with Crippen LogP contribution in [0.1, 0.15) is 113 Å².